The smallest absolute Gasteiger partial charge is 0.337 e. The molecule has 186 valence electrons. The van der Waals surface area contributed by atoms with E-state index in [0.29, 0.717) is 34.9 Å². The maximum absolute atomic E-state index is 13.0. The Morgan fingerprint density at radius 3 is 2.66 bits per heavy atom. The molecule has 0 saturated heterocycles. The molecular weight excluding hydrogens is 459 g/mol. The van der Waals surface area contributed by atoms with Gasteiger partial charge in [0, 0.05) is 5.70 Å². The van der Waals surface area contributed by atoms with Gasteiger partial charge in [-0.25, -0.2) is 14.0 Å². The van der Waals surface area contributed by atoms with Crippen LogP contribution in [-0.4, -0.2) is 49.9 Å². The first-order chi connectivity index (χ1) is 16.8. The van der Waals surface area contributed by atoms with Gasteiger partial charge in [-0.3, -0.25) is 5.43 Å². The summed E-state index contributed by atoms with van der Waals surface area (Å²) in [6.45, 7) is 3.59. The van der Waals surface area contributed by atoms with Gasteiger partial charge in [0.25, 0.3) is 0 Å². The van der Waals surface area contributed by atoms with Crippen LogP contribution >= 0.6 is 0 Å². The van der Waals surface area contributed by atoms with Gasteiger partial charge in [0.2, 0.25) is 0 Å². The fourth-order valence-corrected chi connectivity index (χ4v) is 3.37. The van der Waals surface area contributed by atoms with Crippen LogP contribution in [0.1, 0.15) is 31.0 Å². The third-order valence-electron chi connectivity index (χ3n) is 4.98. The van der Waals surface area contributed by atoms with Gasteiger partial charge in [-0.15, -0.1) is 0 Å². The first kappa shape index (κ1) is 25.5. The molecule has 2 aromatic carbocycles. The second-order valence-corrected chi connectivity index (χ2v) is 7.47. The predicted molar refractivity (Wildman–Crippen MR) is 125 cm³/mol. The molecule has 0 unspecified atom stereocenters. The maximum Gasteiger partial charge on any atom is 0.337 e. The van der Waals surface area contributed by atoms with Crippen LogP contribution in [0.5, 0.6) is 11.5 Å². The van der Waals surface area contributed by atoms with E-state index in [0.717, 1.165) is 0 Å². The Hall–Kier alpha value is -4.12. The molecule has 1 aliphatic rings. The number of nitrogens with one attached hydrogen (secondary N) is 3. The summed E-state index contributed by atoms with van der Waals surface area (Å²) in [7, 11) is 1.27. The standard InChI is InChI=1S/C24H27FN4O6/c1-4-34-19-11-16(22-21(23(31)33-3)14(2)27-24(32)28-22)7-10-18(19)35-13-20(30)29-26-12-15-5-8-17(25)9-6-15/h5-12,20,22,29-30H,4,13H2,1-3H3,(H2,27,28,32)/b26-12-/t20-,22-/m1/s1. The van der Waals surface area contributed by atoms with Crippen LogP contribution in [0.4, 0.5) is 9.18 Å². The van der Waals surface area contributed by atoms with Crippen molar-refractivity contribution in [3.63, 3.8) is 0 Å². The fraction of sp³-hybridized carbons (Fsp3) is 0.292. The number of ether oxygens (including phenoxy) is 3. The summed E-state index contributed by atoms with van der Waals surface area (Å²) in [5, 5.41) is 19.3. The molecule has 4 N–H and O–H groups in total. The van der Waals surface area contributed by atoms with Crippen LogP contribution in [0.2, 0.25) is 0 Å². The SMILES string of the molecule is CCOc1cc([C@H]2NC(=O)NC(C)=C2C(=O)OC)ccc1OC[C@@H](O)N/N=C\c1ccc(F)cc1. The molecule has 0 radical (unpaired) electrons. The Balaban J connectivity index is 1.71. The number of urea groups is 1. The van der Waals surface area contributed by atoms with E-state index in [1.807, 2.05) is 0 Å². The number of esters is 1. The number of methoxy groups -OCH3 is 1. The minimum absolute atomic E-state index is 0.156. The van der Waals surface area contributed by atoms with Gasteiger partial charge >= 0.3 is 12.0 Å². The van der Waals surface area contributed by atoms with E-state index in [4.69, 9.17) is 14.2 Å². The molecule has 1 aliphatic heterocycles. The molecule has 35 heavy (non-hydrogen) atoms. The van der Waals surface area contributed by atoms with Crippen LogP contribution in [0.25, 0.3) is 0 Å². The number of carbonyl (C=O) groups excluding carboxylic acids is 2. The largest absolute Gasteiger partial charge is 0.490 e. The van der Waals surface area contributed by atoms with Crippen LogP contribution in [0, 0.1) is 5.82 Å². The summed E-state index contributed by atoms with van der Waals surface area (Å²) in [5.74, 6) is -0.218. The lowest BCUT2D eigenvalue weighted by atomic mass is 9.95. The zero-order valence-electron chi connectivity index (χ0n) is 19.5. The van der Waals surface area contributed by atoms with Crippen LogP contribution < -0.4 is 25.5 Å². The summed E-state index contributed by atoms with van der Waals surface area (Å²) >= 11 is 0. The molecular formula is C24H27FN4O6. The van der Waals surface area contributed by atoms with Crippen LogP contribution in [-0.2, 0) is 9.53 Å². The number of nitrogens with zero attached hydrogens (tertiary/aromatic N) is 1. The van der Waals surface area contributed by atoms with Gasteiger partial charge in [0.05, 0.1) is 31.5 Å². The number of aliphatic hydroxyl groups excluding tert-OH is 1. The average Bonchev–Trinajstić information content (AvgIpc) is 2.83. The third kappa shape index (κ3) is 6.70. The van der Waals surface area contributed by atoms with E-state index in [1.54, 1.807) is 44.2 Å². The van der Waals surface area contributed by atoms with Crippen molar-refractivity contribution in [1.29, 1.82) is 0 Å². The summed E-state index contributed by atoms with van der Waals surface area (Å²) < 4.78 is 29.2. The molecule has 0 bridgehead atoms. The highest BCUT2D eigenvalue weighted by atomic mass is 19.1. The summed E-state index contributed by atoms with van der Waals surface area (Å²) in [5.41, 5.74) is 4.41. The molecule has 1 heterocycles. The Morgan fingerprint density at radius 1 is 1.23 bits per heavy atom. The van der Waals surface area contributed by atoms with E-state index in [9.17, 15) is 19.1 Å². The average molecular weight is 487 g/mol. The minimum atomic E-state index is -1.14. The summed E-state index contributed by atoms with van der Waals surface area (Å²) in [6, 6.07) is 9.45. The number of hydrogen-bond acceptors (Lipinski definition) is 8. The van der Waals surface area contributed by atoms with Crippen LogP contribution in [0.15, 0.2) is 58.8 Å². The molecule has 0 fully saturated rings. The molecule has 3 rings (SSSR count). The van der Waals surface area contributed by atoms with Crippen molar-refractivity contribution in [2.45, 2.75) is 26.1 Å². The lowest BCUT2D eigenvalue weighted by Gasteiger charge is -2.28. The molecule has 2 atom stereocenters. The van der Waals surface area contributed by atoms with Gasteiger partial charge in [0.15, 0.2) is 17.7 Å². The number of halogens is 1. The van der Waals surface area contributed by atoms with Gasteiger partial charge in [-0.05, 0) is 49.2 Å². The number of hydrogen-bond donors (Lipinski definition) is 4. The molecule has 10 nitrogen and oxygen atoms in total. The molecule has 2 amide bonds. The quantitative estimate of drug-likeness (QED) is 0.176. The van der Waals surface area contributed by atoms with Crippen molar-refractivity contribution in [2.24, 2.45) is 5.10 Å². The van der Waals surface area contributed by atoms with Crippen molar-refractivity contribution >= 4 is 18.2 Å². The van der Waals surface area contributed by atoms with E-state index >= 15 is 0 Å². The molecule has 0 saturated carbocycles. The van der Waals surface area contributed by atoms with Crippen molar-refractivity contribution in [3.05, 3.63) is 70.7 Å². The normalized spacial score (nSPS) is 16.4. The number of rotatable bonds is 10. The monoisotopic (exact) mass is 486 g/mol. The van der Waals surface area contributed by atoms with Crippen molar-refractivity contribution in [1.82, 2.24) is 16.1 Å². The van der Waals surface area contributed by atoms with E-state index in [1.165, 1.54) is 25.5 Å². The van der Waals surface area contributed by atoms with Gasteiger partial charge in [-0.2, -0.15) is 5.10 Å². The first-order valence-corrected chi connectivity index (χ1v) is 10.8. The first-order valence-electron chi connectivity index (χ1n) is 10.8. The maximum atomic E-state index is 13.0. The Labute approximate surface area is 201 Å². The zero-order chi connectivity index (χ0) is 25.4. The second-order valence-electron chi connectivity index (χ2n) is 7.47. The summed E-state index contributed by atoms with van der Waals surface area (Å²) in [4.78, 5) is 24.4. The molecule has 11 heteroatoms. The van der Waals surface area contributed by atoms with Crippen molar-refractivity contribution in [3.8, 4) is 11.5 Å². The number of carbonyl (C=O) groups is 2. The number of amides is 2. The fourth-order valence-electron chi connectivity index (χ4n) is 3.37. The Bertz CT molecular complexity index is 1120. The zero-order valence-corrected chi connectivity index (χ0v) is 19.5. The summed E-state index contributed by atoms with van der Waals surface area (Å²) in [6.07, 6.45) is 0.297. The molecule has 0 aromatic heterocycles. The number of hydrazone groups is 1. The Morgan fingerprint density at radius 2 is 1.97 bits per heavy atom. The third-order valence-corrected chi connectivity index (χ3v) is 4.98. The van der Waals surface area contributed by atoms with Gasteiger partial charge < -0.3 is 30.0 Å². The molecule has 0 aliphatic carbocycles. The van der Waals surface area contributed by atoms with E-state index in [-0.39, 0.29) is 18.0 Å². The lowest BCUT2D eigenvalue weighted by Crippen LogP contribution is -2.45. The highest BCUT2D eigenvalue weighted by Gasteiger charge is 2.32. The molecule has 2 aromatic rings. The highest BCUT2D eigenvalue weighted by molar-refractivity contribution is 5.95. The topological polar surface area (TPSA) is 131 Å². The van der Waals surface area contributed by atoms with Crippen molar-refractivity contribution in [2.75, 3.05) is 20.3 Å². The van der Waals surface area contributed by atoms with Gasteiger partial charge in [0.1, 0.15) is 12.4 Å². The van der Waals surface area contributed by atoms with Crippen LogP contribution in [0.3, 0.4) is 0 Å². The van der Waals surface area contributed by atoms with E-state index in [2.05, 4.69) is 21.2 Å². The highest BCUT2D eigenvalue weighted by Crippen LogP contribution is 2.34. The second kappa shape index (κ2) is 11.8. The number of allylic oxidation sites excluding steroid dienone is 1. The van der Waals surface area contributed by atoms with Crippen molar-refractivity contribution < 1.29 is 33.3 Å². The number of benzene rings is 2. The number of aliphatic hydroxyl groups is 1. The Kier molecular flexibility index (Phi) is 8.63. The minimum Gasteiger partial charge on any atom is -0.490 e. The lowest BCUT2D eigenvalue weighted by molar-refractivity contribution is -0.136. The van der Waals surface area contributed by atoms with Gasteiger partial charge in [-0.1, -0.05) is 18.2 Å². The predicted octanol–water partition coefficient (Wildman–Crippen LogP) is 2.35. The van der Waals surface area contributed by atoms with E-state index < -0.39 is 24.3 Å². The molecule has 0 spiro atoms.